The van der Waals surface area contributed by atoms with Crippen LogP contribution in [0.3, 0.4) is 0 Å². The molecule has 0 amide bonds. The molecule has 4 nitrogen and oxygen atoms in total. The Kier molecular flexibility index (Phi) is 4.68. The molecular formula is C13H16N2O2S2. The second-order valence-electron chi connectivity index (χ2n) is 4.55. The summed E-state index contributed by atoms with van der Waals surface area (Å²) in [6, 6.07) is 1.89. The van der Waals surface area contributed by atoms with Crippen LogP contribution >= 0.6 is 22.7 Å². The van der Waals surface area contributed by atoms with Crippen molar-refractivity contribution in [3.8, 4) is 0 Å². The zero-order chi connectivity index (χ0) is 13.8. The summed E-state index contributed by atoms with van der Waals surface area (Å²) < 4.78 is 0. The topological polar surface area (TPSA) is 53.4 Å². The largest absolute Gasteiger partial charge is 0.477 e. The molecule has 2 heterocycles. The number of aromatic nitrogens is 1. The molecule has 102 valence electrons. The lowest BCUT2D eigenvalue weighted by molar-refractivity contribution is 0.0700. The summed E-state index contributed by atoms with van der Waals surface area (Å²) in [6.07, 6.45) is 1.82. The molecule has 0 aliphatic rings. The lowest BCUT2D eigenvalue weighted by atomic mass is 10.1. The van der Waals surface area contributed by atoms with Crippen molar-refractivity contribution in [3.05, 3.63) is 38.5 Å². The van der Waals surface area contributed by atoms with Gasteiger partial charge in [0.2, 0.25) is 0 Å². The number of hydrogen-bond acceptors (Lipinski definition) is 5. The molecule has 0 fully saturated rings. The molecule has 1 atom stereocenters. The van der Waals surface area contributed by atoms with Crippen LogP contribution in [0.2, 0.25) is 0 Å². The number of nitrogens with zero attached hydrogens (tertiary/aromatic N) is 2. The summed E-state index contributed by atoms with van der Waals surface area (Å²) >= 11 is 2.94. The zero-order valence-corrected chi connectivity index (χ0v) is 12.5. The van der Waals surface area contributed by atoms with Crippen LogP contribution in [-0.2, 0) is 6.54 Å². The molecule has 2 rings (SSSR count). The van der Waals surface area contributed by atoms with Gasteiger partial charge in [-0.3, -0.25) is 0 Å². The average Bonchev–Trinajstić information content (AvgIpc) is 2.98. The normalized spacial score (nSPS) is 12.8. The number of likely N-dealkylation sites (N-methyl/N-ethyl adjacent to an activating group) is 1. The number of rotatable bonds is 6. The van der Waals surface area contributed by atoms with Gasteiger partial charge in [-0.05, 0) is 24.1 Å². The maximum absolute atomic E-state index is 11.1. The van der Waals surface area contributed by atoms with E-state index in [9.17, 15) is 4.79 Å². The van der Waals surface area contributed by atoms with E-state index in [-0.39, 0.29) is 0 Å². The van der Waals surface area contributed by atoms with Crippen LogP contribution in [0.1, 0.15) is 33.1 Å². The van der Waals surface area contributed by atoms with Crippen molar-refractivity contribution >= 4 is 28.6 Å². The van der Waals surface area contributed by atoms with Crippen molar-refractivity contribution in [2.24, 2.45) is 0 Å². The summed E-state index contributed by atoms with van der Waals surface area (Å²) in [5.41, 5.74) is 0.881. The molecule has 19 heavy (non-hydrogen) atoms. The Morgan fingerprint density at radius 3 is 2.89 bits per heavy atom. The van der Waals surface area contributed by atoms with Crippen LogP contribution in [0.15, 0.2) is 23.0 Å². The van der Waals surface area contributed by atoms with E-state index < -0.39 is 5.97 Å². The molecule has 0 spiro atoms. The second kappa shape index (κ2) is 6.27. The fourth-order valence-electron chi connectivity index (χ4n) is 2.03. The van der Waals surface area contributed by atoms with E-state index in [0.717, 1.165) is 17.1 Å². The SMILES string of the molecule is CC(CN(C)Cc1ccsc1C(=O)O)c1nccs1. The molecule has 1 N–H and O–H groups in total. The Balaban J connectivity index is 1.96. The fraction of sp³-hybridized carbons (Fsp3) is 0.385. The van der Waals surface area contributed by atoms with Crippen molar-refractivity contribution in [1.82, 2.24) is 9.88 Å². The number of thiophene rings is 1. The highest BCUT2D eigenvalue weighted by Crippen LogP contribution is 2.21. The third kappa shape index (κ3) is 3.62. The van der Waals surface area contributed by atoms with E-state index in [1.165, 1.54) is 11.3 Å². The summed E-state index contributed by atoms with van der Waals surface area (Å²) in [6.45, 7) is 3.66. The molecular weight excluding hydrogens is 280 g/mol. The van der Waals surface area contributed by atoms with E-state index in [1.54, 1.807) is 11.3 Å². The van der Waals surface area contributed by atoms with Gasteiger partial charge in [0.25, 0.3) is 0 Å². The van der Waals surface area contributed by atoms with E-state index in [0.29, 0.717) is 17.3 Å². The minimum Gasteiger partial charge on any atom is -0.477 e. The van der Waals surface area contributed by atoms with Gasteiger partial charge in [0.15, 0.2) is 0 Å². The summed E-state index contributed by atoms with van der Waals surface area (Å²) in [7, 11) is 2.01. The standard InChI is InChI=1S/C13H16N2O2S2/c1-9(12-14-4-6-19-12)7-15(2)8-10-3-5-18-11(10)13(16)17/h3-6,9H,7-8H2,1-2H3,(H,16,17). The number of carbonyl (C=O) groups is 1. The smallest absolute Gasteiger partial charge is 0.346 e. The Morgan fingerprint density at radius 1 is 1.47 bits per heavy atom. The fourth-order valence-corrected chi connectivity index (χ4v) is 3.47. The van der Waals surface area contributed by atoms with Crippen LogP contribution < -0.4 is 0 Å². The molecule has 2 aromatic rings. The molecule has 6 heteroatoms. The number of aromatic carboxylic acids is 1. The van der Waals surface area contributed by atoms with Gasteiger partial charge in [0.1, 0.15) is 4.88 Å². The van der Waals surface area contributed by atoms with Crippen LogP contribution in [0, 0.1) is 0 Å². The molecule has 0 saturated heterocycles. The summed E-state index contributed by atoms with van der Waals surface area (Å²) in [5, 5.41) is 14.0. The van der Waals surface area contributed by atoms with Gasteiger partial charge < -0.3 is 10.0 Å². The Labute approximate surface area is 120 Å². The lowest BCUT2D eigenvalue weighted by Gasteiger charge is -2.19. The van der Waals surface area contributed by atoms with Crippen molar-refractivity contribution in [2.45, 2.75) is 19.4 Å². The van der Waals surface area contributed by atoms with Crippen molar-refractivity contribution < 1.29 is 9.90 Å². The minimum absolute atomic E-state index is 0.358. The molecule has 0 aliphatic heterocycles. The highest BCUT2D eigenvalue weighted by atomic mass is 32.1. The predicted molar refractivity (Wildman–Crippen MR) is 78.1 cm³/mol. The molecule has 0 saturated carbocycles. The van der Waals surface area contributed by atoms with Gasteiger partial charge in [0, 0.05) is 30.6 Å². The first-order valence-electron chi connectivity index (χ1n) is 5.95. The van der Waals surface area contributed by atoms with E-state index in [1.807, 2.05) is 30.1 Å². The monoisotopic (exact) mass is 296 g/mol. The van der Waals surface area contributed by atoms with Crippen LogP contribution in [-0.4, -0.2) is 34.6 Å². The highest BCUT2D eigenvalue weighted by molar-refractivity contribution is 7.12. The van der Waals surface area contributed by atoms with Crippen LogP contribution in [0.4, 0.5) is 0 Å². The van der Waals surface area contributed by atoms with Crippen LogP contribution in [0.25, 0.3) is 0 Å². The Hall–Kier alpha value is -1.24. The molecule has 1 unspecified atom stereocenters. The van der Waals surface area contributed by atoms with Crippen molar-refractivity contribution in [3.63, 3.8) is 0 Å². The molecule has 0 bridgehead atoms. The van der Waals surface area contributed by atoms with Gasteiger partial charge >= 0.3 is 5.97 Å². The van der Waals surface area contributed by atoms with Crippen LogP contribution in [0.5, 0.6) is 0 Å². The third-order valence-electron chi connectivity index (χ3n) is 2.84. The highest BCUT2D eigenvalue weighted by Gasteiger charge is 2.15. The van der Waals surface area contributed by atoms with Crippen molar-refractivity contribution in [2.75, 3.05) is 13.6 Å². The van der Waals surface area contributed by atoms with E-state index in [4.69, 9.17) is 5.11 Å². The number of hydrogen-bond donors (Lipinski definition) is 1. The first-order valence-corrected chi connectivity index (χ1v) is 7.71. The van der Waals surface area contributed by atoms with Gasteiger partial charge in [-0.1, -0.05) is 6.92 Å². The Morgan fingerprint density at radius 2 is 2.26 bits per heavy atom. The molecule has 0 radical (unpaired) electrons. The summed E-state index contributed by atoms with van der Waals surface area (Å²) in [5.74, 6) is -0.483. The zero-order valence-electron chi connectivity index (χ0n) is 10.9. The van der Waals surface area contributed by atoms with E-state index >= 15 is 0 Å². The molecule has 0 aromatic carbocycles. The van der Waals surface area contributed by atoms with Gasteiger partial charge in [-0.2, -0.15) is 0 Å². The van der Waals surface area contributed by atoms with Crippen molar-refractivity contribution in [1.29, 1.82) is 0 Å². The molecule has 2 aromatic heterocycles. The third-order valence-corrected chi connectivity index (χ3v) is 4.79. The maximum Gasteiger partial charge on any atom is 0.346 e. The summed E-state index contributed by atoms with van der Waals surface area (Å²) in [4.78, 5) is 17.9. The predicted octanol–water partition coefficient (Wildman–Crippen LogP) is 3.14. The van der Waals surface area contributed by atoms with Gasteiger partial charge in [-0.25, -0.2) is 9.78 Å². The first-order chi connectivity index (χ1) is 9.08. The number of thiazole rings is 1. The average molecular weight is 296 g/mol. The lowest BCUT2D eigenvalue weighted by Crippen LogP contribution is -2.23. The first kappa shape index (κ1) is 14.2. The van der Waals surface area contributed by atoms with E-state index in [2.05, 4.69) is 16.8 Å². The second-order valence-corrected chi connectivity index (χ2v) is 6.39. The quantitative estimate of drug-likeness (QED) is 0.889. The minimum atomic E-state index is -0.841. The van der Waals surface area contributed by atoms with Gasteiger partial charge in [-0.15, -0.1) is 22.7 Å². The number of carboxylic acid groups (broad SMARTS) is 1. The number of carboxylic acids is 1. The Bertz CT molecular complexity index is 537. The maximum atomic E-state index is 11.1. The van der Waals surface area contributed by atoms with Gasteiger partial charge in [0.05, 0.1) is 5.01 Å². The molecule has 0 aliphatic carbocycles.